The average molecular weight is 230 g/mol. The molecule has 0 radical (unpaired) electrons. The average Bonchev–Trinajstić information content (AvgIpc) is 2.56. The molecular formula is C15H22N2. The highest BCUT2D eigenvalue weighted by atomic mass is 14.8. The van der Waals surface area contributed by atoms with Crippen LogP contribution in [0.3, 0.4) is 0 Å². The molecule has 4 aliphatic rings. The summed E-state index contributed by atoms with van der Waals surface area (Å²) < 4.78 is 0. The van der Waals surface area contributed by atoms with E-state index in [1.54, 1.807) is 0 Å². The maximum Gasteiger partial charge on any atom is 0.0530 e. The van der Waals surface area contributed by atoms with Crippen LogP contribution in [0.2, 0.25) is 0 Å². The number of anilines is 1. The van der Waals surface area contributed by atoms with Crippen molar-refractivity contribution in [3.63, 3.8) is 0 Å². The molecule has 4 aliphatic carbocycles. The van der Waals surface area contributed by atoms with Gasteiger partial charge >= 0.3 is 0 Å². The third kappa shape index (κ3) is 1.39. The summed E-state index contributed by atoms with van der Waals surface area (Å²) >= 11 is 0. The van der Waals surface area contributed by atoms with Gasteiger partial charge in [0.05, 0.1) is 5.69 Å². The third-order valence-electron chi connectivity index (χ3n) is 5.57. The highest BCUT2D eigenvalue weighted by Crippen LogP contribution is 2.60. The number of nitrogens with two attached hydrogens (primary N) is 1. The minimum Gasteiger partial charge on any atom is -0.397 e. The topological polar surface area (TPSA) is 41.8 Å². The molecule has 0 aromatic carbocycles. The molecule has 0 saturated heterocycles. The van der Waals surface area contributed by atoms with Gasteiger partial charge in [-0.15, -0.1) is 0 Å². The second kappa shape index (κ2) is 3.30. The highest BCUT2D eigenvalue weighted by molar-refractivity contribution is 5.48. The molecule has 92 valence electrons. The molecule has 0 unspecified atom stereocenters. The van der Waals surface area contributed by atoms with Gasteiger partial charge in [-0.25, -0.2) is 0 Å². The van der Waals surface area contributed by atoms with Crippen molar-refractivity contribution in [1.29, 1.82) is 0 Å². The Labute approximate surface area is 103 Å². The summed E-state index contributed by atoms with van der Waals surface area (Å²) in [4.78, 5) is 3.55. The first-order valence-electron chi connectivity index (χ1n) is 7.15. The number of nitrogens with one attached hydrogen (secondary N) is 1. The fraction of sp³-hybridized carbons (Fsp3) is 0.733. The van der Waals surface area contributed by atoms with E-state index in [-0.39, 0.29) is 0 Å². The van der Waals surface area contributed by atoms with E-state index in [4.69, 9.17) is 5.73 Å². The van der Waals surface area contributed by atoms with E-state index >= 15 is 0 Å². The molecule has 5 rings (SSSR count). The maximum absolute atomic E-state index is 6.19. The van der Waals surface area contributed by atoms with Gasteiger partial charge in [0.2, 0.25) is 0 Å². The quantitative estimate of drug-likeness (QED) is 0.762. The standard InChI is InChI=1S/C15H22N2/c1-8-2-13(16)15(17-8)14-11-4-9-3-10(6-11)7-12(14)5-9/h2,9-12,14,17H,3-7,16H2,1H3. The van der Waals surface area contributed by atoms with Gasteiger partial charge in [0, 0.05) is 17.3 Å². The summed E-state index contributed by atoms with van der Waals surface area (Å²) in [5.41, 5.74) is 9.80. The number of hydrogen-bond acceptors (Lipinski definition) is 1. The molecular weight excluding hydrogens is 208 g/mol. The predicted molar refractivity (Wildman–Crippen MR) is 69.7 cm³/mol. The SMILES string of the molecule is Cc1cc(N)c(C2C3CC4CC(C3)CC2C4)[nH]1. The molecule has 4 bridgehead atoms. The first kappa shape index (κ1) is 10.0. The summed E-state index contributed by atoms with van der Waals surface area (Å²) in [7, 11) is 0. The minimum atomic E-state index is 0.747. The molecule has 2 heteroatoms. The van der Waals surface area contributed by atoms with Crippen molar-refractivity contribution >= 4 is 5.69 Å². The summed E-state index contributed by atoms with van der Waals surface area (Å²) in [6.45, 7) is 2.12. The Bertz CT molecular complexity index is 418. The first-order chi connectivity index (χ1) is 8.20. The minimum absolute atomic E-state index is 0.747. The highest BCUT2D eigenvalue weighted by Gasteiger charge is 2.49. The monoisotopic (exact) mass is 230 g/mol. The zero-order valence-corrected chi connectivity index (χ0v) is 10.6. The second-order valence-electron chi connectivity index (χ2n) is 6.78. The Kier molecular flexibility index (Phi) is 1.95. The Morgan fingerprint density at radius 2 is 1.65 bits per heavy atom. The first-order valence-corrected chi connectivity index (χ1v) is 7.15. The molecule has 17 heavy (non-hydrogen) atoms. The van der Waals surface area contributed by atoms with Crippen molar-refractivity contribution in [2.75, 3.05) is 5.73 Å². The zero-order chi connectivity index (χ0) is 11.6. The van der Waals surface area contributed by atoms with Crippen LogP contribution in [0.5, 0.6) is 0 Å². The van der Waals surface area contributed by atoms with Crippen molar-refractivity contribution in [3.8, 4) is 0 Å². The van der Waals surface area contributed by atoms with E-state index in [0.29, 0.717) is 0 Å². The number of rotatable bonds is 1. The van der Waals surface area contributed by atoms with E-state index in [2.05, 4.69) is 18.0 Å². The van der Waals surface area contributed by atoms with E-state index in [9.17, 15) is 0 Å². The number of nitrogen functional groups attached to an aromatic ring is 1. The number of H-pyrrole nitrogens is 1. The van der Waals surface area contributed by atoms with E-state index in [1.165, 1.54) is 43.5 Å². The molecule has 0 atom stereocenters. The smallest absolute Gasteiger partial charge is 0.0530 e. The van der Waals surface area contributed by atoms with Gasteiger partial charge in [0.1, 0.15) is 0 Å². The Morgan fingerprint density at radius 1 is 1.06 bits per heavy atom. The van der Waals surface area contributed by atoms with Gasteiger partial charge in [-0.3, -0.25) is 0 Å². The normalized spacial score (nSPS) is 43.2. The van der Waals surface area contributed by atoms with Crippen molar-refractivity contribution in [3.05, 3.63) is 17.5 Å². The molecule has 0 spiro atoms. The second-order valence-corrected chi connectivity index (χ2v) is 6.78. The molecule has 0 amide bonds. The molecule has 4 saturated carbocycles. The van der Waals surface area contributed by atoms with Crippen molar-refractivity contribution in [2.24, 2.45) is 23.7 Å². The lowest BCUT2D eigenvalue weighted by atomic mass is 9.51. The van der Waals surface area contributed by atoms with E-state index in [0.717, 1.165) is 35.3 Å². The molecule has 2 nitrogen and oxygen atoms in total. The largest absolute Gasteiger partial charge is 0.397 e. The molecule has 0 aliphatic heterocycles. The van der Waals surface area contributed by atoms with Crippen molar-refractivity contribution in [2.45, 2.75) is 44.9 Å². The van der Waals surface area contributed by atoms with Crippen LogP contribution in [0.15, 0.2) is 6.07 Å². The zero-order valence-electron chi connectivity index (χ0n) is 10.6. The number of aromatic amines is 1. The van der Waals surface area contributed by atoms with Crippen molar-refractivity contribution in [1.82, 2.24) is 4.98 Å². The van der Waals surface area contributed by atoms with Crippen molar-refractivity contribution < 1.29 is 0 Å². The molecule has 1 heterocycles. The Morgan fingerprint density at radius 3 is 2.12 bits per heavy atom. The van der Waals surface area contributed by atoms with Crippen LogP contribution < -0.4 is 5.73 Å². The van der Waals surface area contributed by atoms with Gasteiger partial charge < -0.3 is 10.7 Å². The lowest BCUT2D eigenvalue weighted by molar-refractivity contribution is -0.00377. The van der Waals surface area contributed by atoms with Gasteiger partial charge in [0.15, 0.2) is 0 Å². The lowest BCUT2D eigenvalue weighted by Crippen LogP contribution is -2.44. The van der Waals surface area contributed by atoms with Crippen LogP contribution in [0.1, 0.15) is 49.4 Å². The number of aryl methyl sites for hydroxylation is 1. The van der Waals surface area contributed by atoms with Crippen LogP contribution in [-0.4, -0.2) is 4.98 Å². The van der Waals surface area contributed by atoms with Gasteiger partial charge in [-0.05, 0) is 68.8 Å². The number of hydrogen-bond donors (Lipinski definition) is 2. The molecule has 4 fully saturated rings. The van der Waals surface area contributed by atoms with Crippen LogP contribution in [0.25, 0.3) is 0 Å². The van der Waals surface area contributed by atoms with E-state index < -0.39 is 0 Å². The van der Waals surface area contributed by atoms with Gasteiger partial charge in [-0.1, -0.05) is 0 Å². The van der Waals surface area contributed by atoms with Crippen LogP contribution in [0.4, 0.5) is 5.69 Å². The van der Waals surface area contributed by atoms with E-state index in [1.807, 2.05) is 0 Å². The lowest BCUT2D eigenvalue weighted by Gasteiger charge is -2.54. The maximum atomic E-state index is 6.19. The van der Waals surface area contributed by atoms with Crippen LogP contribution in [-0.2, 0) is 0 Å². The molecule has 3 N–H and O–H groups in total. The summed E-state index contributed by atoms with van der Waals surface area (Å²) in [5.74, 6) is 4.69. The predicted octanol–water partition coefficient (Wildman–Crippen LogP) is 3.45. The van der Waals surface area contributed by atoms with Crippen LogP contribution in [0, 0.1) is 30.6 Å². The van der Waals surface area contributed by atoms with Crippen LogP contribution >= 0.6 is 0 Å². The Hall–Kier alpha value is -0.920. The molecule has 1 aromatic heterocycles. The fourth-order valence-corrected chi connectivity index (χ4v) is 5.30. The molecule has 1 aromatic rings. The summed E-state index contributed by atoms with van der Waals surface area (Å²) in [5, 5.41) is 0. The number of aromatic nitrogens is 1. The van der Waals surface area contributed by atoms with Gasteiger partial charge in [-0.2, -0.15) is 0 Å². The summed E-state index contributed by atoms with van der Waals surface area (Å²) in [6, 6.07) is 2.11. The van der Waals surface area contributed by atoms with Gasteiger partial charge in [0.25, 0.3) is 0 Å². The fourth-order valence-electron chi connectivity index (χ4n) is 5.30. The third-order valence-corrected chi connectivity index (χ3v) is 5.57. The summed E-state index contributed by atoms with van der Waals surface area (Å²) in [6.07, 6.45) is 7.40. The Balaban J connectivity index is 1.72.